The smallest absolute Gasteiger partial charge is 0.450 e. The van der Waals surface area contributed by atoms with Crippen LogP contribution in [0.4, 0.5) is 4.79 Å². The number of hydrogen-bond acceptors (Lipinski definition) is 2. The molecule has 1 N–H and O–H groups in total. The van der Waals surface area contributed by atoms with Gasteiger partial charge < -0.3 is 9.84 Å². The van der Waals surface area contributed by atoms with Gasteiger partial charge in [-0.15, -0.1) is 0 Å². The Hall–Kier alpha value is -1.29. The summed E-state index contributed by atoms with van der Waals surface area (Å²) in [5, 5.41) is 8.45. The van der Waals surface area contributed by atoms with Crippen LogP contribution in [0.5, 0.6) is 0 Å². The summed E-state index contributed by atoms with van der Waals surface area (Å²) in [4.78, 5) is 10.3. The molecule has 0 fully saturated rings. The molecule has 0 radical (unpaired) electrons. The topological polar surface area (TPSA) is 46.5 Å². The van der Waals surface area contributed by atoms with Crippen molar-refractivity contribution in [2.75, 3.05) is 0 Å². The van der Waals surface area contributed by atoms with Crippen molar-refractivity contribution < 1.29 is 14.6 Å². The summed E-state index contributed by atoms with van der Waals surface area (Å²) in [6.45, 7) is 3.51. The first-order valence-corrected chi connectivity index (χ1v) is 4.70. The SMILES string of the molecule is C=CC(OC(=O)O)c1ccc(Br)cc1. The normalized spacial score (nSPS) is 11.8. The van der Waals surface area contributed by atoms with E-state index < -0.39 is 12.3 Å². The van der Waals surface area contributed by atoms with E-state index in [1.54, 1.807) is 12.1 Å². The van der Waals surface area contributed by atoms with Gasteiger partial charge in [0.1, 0.15) is 6.10 Å². The van der Waals surface area contributed by atoms with Crippen molar-refractivity contribution in [2.24, 2.45) is 0 Å². The van der Waals surface area contributed by atoms with E-state index in [0.717, 1.165) is 10.0 Å². The Bertz CT molecular complexity index is 332. The lowest BCUT2D eigenvalue weighted by atomic mass is 10.1. The van der Waals surface area contributed by atoms with E-state index in [2.05, 4.69) is 27.2 Å². The first kappa shape index (κ1) is 10.8. The van der Waals surface area contributed by atoms with Crippen LogP contribution < -0.4 is 0 Å². The van der Waals surface area contributed by atoms with Crippen LogP contribution in [-0.2, 0) is 4.74 Å². The third-order valence-corrected chi connectivity index (χ3v) is 2.17. The highest BCUT2D eigenvalue weighted by Crippen LogP contribution is 2.20. The lowest BCUT2D eigenvalue weighted by Gasteiger charge is -2.11. The molecular weight excluding hydrogens is 248 g/mol. The van der Waals surface area contributed by atoms with Crippen LogP contribution in [0.2, 0.25) is 0 Å². The summed E-state index contributed by atoms with van der Waals surface area (Å²) in [5.41, 5.74) is 0.755. The lowest BCUT2D eigenvalue weighted by molar-refractivity contribution is 0.0691. The Balaban J connectivity index is 2.84. The molecule has 0 aliphatic carbocycles. The number of carbonyl (C=O) groups is 1. The minimum absolute atomic E-state index is 0.611. The second-order valence-electron chi connectivity index (χ2n) is 2.59. The van der Waals surface area contributed by atoms with Crippen molar-refractivity contribution in [3.8, 4) is 0 Å². The van der Waals surface area contributed by atoms with Gasteiger partial charge in [-0.1, -0.05) is 34.6 Å². The van der Waals surface area contributed by atoms with E-state index in [1.165, 1.54) is 6.08 Å². The van der Waals surface area contributed by atoms with Crippen LogP contribution in [0, 0.1) is 0 Å². The molecule has 0 spiro atoms. The largest absolute Gasteiger partial charge is 0.506 e. The average Bonchev–Trinajstić information content (AvgIpc) is 2.15. The van der Waals surface area contributed by atoms with Crippen molar-refractivity contribution in [2.45, 2.75) is 6.10 Å². The molecule has 1 unspecified atom stereocenters. The number of halogens is 1. The van der Waals surface area contributed by atoms with Gasteiger partial charge in [0.15, 0.2) is 0 Å². The molecule has 1 aromatic carbocycles. The first-order chi connectivity index (χ1) is 6.63. The summed E-state index contributed by atoms with van der Waals surface area (Å²) >= 11 is 3.28. The maximum Gasteiger partial charge on any atom is 0.506 e. The van der Waals surface area contributed by atoms with E-state index in [0.29, 0.717) is 0 Å². The van der Waals surface area contributed by atoms with Crippen molar-refractivity contribution in [1.29, 1.82) is 0 Å². The van der Waals surface area contributed by atoms with E-state index >= 15 is 0 Å². The van der Waals surface area contributed by atoms with E-state index in [1.807, 2.05) is 12.1 Å². The van der Waals surface area contributed by atoms with Gasteiger partial charge in [0, 0.05) is 4.47 Å². The number of rotatable bonds is 3. The van der Waals surface area contributed by atoms with Crippen LogP contribution in [0.1, 0.15) is 11.7 Å². The van der Waals surface area contributed by atoms with Gasteiger partial charge in [-0.3, -0.25) is 0 Å². The monoisotopic (exact) mass is 256 g/mol. The Labute approximate surface area is 90.1 Å². The molecule has 3 nitrogen and oxygen atoms in total. The van der Waals surface area contributed by atoms with Gasteiger partial charge in [0.2, 0.25) is 0 Å². The van der Waals surface area contributed by atoms with Gasteiger partial charge in [0.25, 0.3) is 0 Å². The van der Waals surface area contributed by atoms with Gasteiger partial charge in [-0.2, -0.15) is 0 Å². The Morgan fingerprint density at radius 2 is 2.07 bits per heavy atom. The van der Waals surface area contributed by atoms with Crippen LogP contribution in [-0.4, -0.2) is 11.3 Å². The van der Waals surface area contributed by atoms with Gasteiger partial charge in [-0.25, -0.2) is 4.79 Å². The fourth-order valence-corrected chi connectivity index (χ4v) is 1.28. The number of benzene rings is 1. The Morgan fingerprint density at radius 3 is 2.50 bits per heavy atom. The molecule has 0 saturated carbocycles. The zero-order chi connectivity index (χ0) is 10.6. The second kappa shape index (κ2) is 4.81. The van der Waals surface area contributed by atoms with Crippen molar-refractivity contribution >= 4 is 22.1 Å². The molecule has 0 aliphatic rings. The number of ether oxygens (including phenoxy) is 1. The van der Waals surface area contributed by atoms with E-state index in [4.69, 9.17) is 5.11 Å². The van der Waals surface area contributed by atoms with Crippen LogP contribution >= 0.6 is 15.9 Å². The van der Waals surface area contributed by atoms with Crippen molar-refractivity contribution in [3.63, 3.8) is 0 Å². The van der Waals surface area contributed by atoms with Crippen molar-refractivity contribution in [3.05, 3.63) is 47.0 Å². The predicted molar refractivity (Wildman–Crippen MR) is 56.2 cm³/mol. The number of hydrogen-bond donors (Lipinski definition) is 1. The summed E-state index contributed by atoms with van der Waals surface area (Å²) in [6.07, 6.45) is -0.476. The molecule has 0 amide bonds. The minimum atomic E-state index is -1.31. The molecular formula is C10H9BrO3. The summed E-state index contributed by atoms with van der Waals surface area (Å²) in [7, 11) is 0. The van der Waals surface area contributed by atoms with Gasteiger partial charge in [-0.05, 0) is 23.8 Å². The highest BCUT2D eigenvalue weighted by atomic mass is 79.9. The molecule has 1 atom stereocenters. The maximum atomic E-state index is 10.3. The molecule has 1 aromatic rings. The minimum Gasteiger partial charge on any atom is -0.450 e. The van der Waals surface area contributed by atoms with Crippen LogP contribution in [0.3, 0.4) is 0 Å². The van der Waals surface area contributed by atoms with Gasteiger partial charge >= 0.3 is 6.16 Å². The third-order valence-electron chi connectivity index (χ3n) is 1.64. The molecule has 4 heteroatoms. The van der Waals surface area contributed by atoms with E-state index in [-0.39, 0.29) is 0 Å². The number of carboxylic acid groups (broad SMARTS) is 1. The average molecular weight is 257 g/mol. The molecule has 14 heavy (non-hydrogen) atoms. The zero-order valence-electron chi connectivity index (χ0n) is 7.31. The summed E-state index contributed by atoms with van der Waals surface area (Å²) in [6, 6.07) is 7.19. The van der Waals surface area contributed by atoms with Crippen molar-refractivity contribution in [1.82, 2.24) is 0 Å². The summed E-state index contributed by atoms with van der Waals surface area (Å²) < 4.78 is 5.54. The molecule has 0 aromatic heterocycles. The lowest BCUT2D eigenvalue weighted by Crippen LogP contribution is -2.06. The fourth-order valence-electron chi connectivity index (χ4n) is 1.01. The molecule has 0 bridgehead atoms. The molecule has 0 heterocycles. The summed E-state index contributed by atoms with van der Waals surface area (Å²) in [5.74, 6) is 0. The zero-order valence-corrected chi connectivity index (χ0v) is 8.90. The quantitative estimate of drug-likeness (QED) is 0.667. The predicted octanol–water partition coefficient (Wildman–Crippen LogP) is 3.37. The van der Waals surface area contributed by atoms with Gasteiger partial charge in [0.05, 0.1) is 0 Å². The third kappa shape index (κ3) is 2.88. The molecule has 0 aliphatic heterocycles. The second-order valence-corrected chi connectivity index (χ2v) is 3.51. The maximum absolute atomic E-state index is 10.3. The van der Waals surface area contributed by atoms with Crippen LogP contribution in [0.25, 0.3) is 0 Å². The van der Waals surface area contributed by atoms with Crippen LogP contribution in [0.15, 0.2) is 41.4 Å². The highest BCUT2D eigenvalue weighted by Gasteiger charge is 2.11. The molecule has 74 valence electrons. The van der Waals surface area contributed by atoms with E-state index in [9.17, 15) is 4.79 Å². The molecule has 1 rings (SSSR count). The standard InChI is InChI=1S/C10H9BrO3/c1-2-9(14-10(12)13)7-3-5-8(11)6-4-7/h2-6,9H,1H2,(H,12,13). The first-order valence-electron chi connectivity index (χ1n) is 3.91. The Kier molecular flexibility index (Phi) is 3.71. The molecule has 0 saturated heterocycles. The highest BCUT2D eigenvalue weighted by molar-refractivity contribution is 9.10. The fraction of sp³-hybridized carbons (Fsp3) is 0.100. The Morgan fingerprint density at radius 1 is 1.50 bits per heavy atom.